The second-order valence-corrected chi connectivity index (χ2v) is 16.4. The van der Waals surface area contributed by atoms with Crippen LogP contribution in [0.1, 0.15) is 108 Å². The number of hydrogen-bond acceptors (Lipinski definition) is 8. The quantitative estimate of drug-likeness (QED) is 0.211. The molecule has 0 amide bonds. The number of carbonyl (C=O) groups is 3. The van der Waals surface area contributed by atoms with Crippen molar-refractivity contribution in [3.05, 3.63) is 51.8 Å². The van der Waals surface area contributed by atoms with Gasteiger partial charge in [-0.05, 0) is 84.6 Å². The Labute approximate surface area is 270 Å². The van der Waals surface area contributed by atoms with E-state index in [1.54, 1.807) is 19.1 Å². The van der Waals surface area contributed by atoms with E-state index >= 15 is 0 Å². The smallest absolute Gasteiger partial charge is 0.298 e. The molecule has 8 bridgehead atoms. The van der Waals surface area contributed by atoms with E-state index in [0.717, 1.165) is 29.5 Å². The molecule has 8 heteroatoms. The molecule has 1 saturated heterocycles. The Hall–Kier alpha value is -3.39. The van der Waals surface area contributed by atoms with E-state index in [0.29, 0.717) is 48.1 Å². The maximum atomic E-state index is 15.0. The summed E-state index contributed by atoms with van der Waals surface area (Å²) in [5, 5.41) is 12.2. The summed E-state index contributed by atoms with van der Waals surface area (Å²) in [7, 11) is 0. The van der Waals surface area contributed by atoms with Crippen LogP contribution in [0.25, 0.3) is 0 Å². The Morgan fingerprint density at radius 3 is 2.48 bits per heavy atom. The third-order valence-electron chi connectivity index (χ3n) is 13.1. The third kappa shape index (κ3) is 3.27. The normalized spacial score (nSPS) is 39.5. The molecule has 1 N–H and O–H groups in total. The number of hydrogen-bond donors (Lipinski definition) is 1. The summed E-state index contributed by atoms with van der Waals surface area (Å²) >= 11 is 0. The number of benzene rings is 1. The molecule has 1 aromatic carbocycles. The molecular formula is C38H44O8. The van der Waals surface area contributed by atoms with E-state index in [-0.39, 0.29) is 52.5 Å². The Bertz CT molecular complexity index is 1740. The number of allylic oxidation sites excluding steroid dienone is 4. The van der Waals surface area contributed by atoms with Crippen molar-refractivity contribution in [1.29, 1.82) is 0 Å². The highest BCUT2D eigenvalue weighted by Crippen LogP contribution is 2.76. The molecule has 10 rings (SSSR count). The molecule has 3 aliphatic heterocycles. The van der Waals surface area contributed by atoms with Crippen molar-refractivity contribution in [3.63, 3.8) is 0 Å². The van der Waals surface area contributed by atoms with Gasteiger partial charge in [0.25, 0.3) is 6.47 Å². The zero-order valence-corrected chi connectivity index (χ0v) is 28.0. The summed E-state index contributed by atoms with van der Waals surface area (Å²) in [5.74, 6) is 0.590. The fourth-order valence-electron chi connectivity index (χ4n) is 11.3. The van der Waals surface area contributed by atoms with Crippen LogP contribution in [-0.4, -0.2) is 45.5 Å². The number of ketones is 2. The van der Waals surface area contributed by atoms with Crippen molar-refractivity contribution in [2.45, 2.75) is 116 Å². The number of carbonyl (C=O) groups excluding carboxylic acids is 3. The number of aromatic hydroxyl groups is 1. The topological polar surface area (TPSA) is 108 Å². The average molecular weight is 629 g/mol. The van der Waals surface area contributed by atoms with Crippen LogP contribution in [-0.2, 0) is 25.5 Å². The molecule has 5 fully saturated rings. The van der Waals surface area contributed by atoms with Gasteiger partial charge in [-0.1, -0.05) is 31.6 Å². The van der Waals surface area contributed by atoms with E-state index in [2.05, 4.69) is 26.8 Å². The van der Waals surface area contributed by atoms with Gasteiger partial charge >= 0.3 is 0 Å². The van der Waals surface area contributed by atoms with Gasteiger partial charge in [-0.25, -0.2) is 0 Å². The lowest BCUT2D eigenvalue weighted by atomic mass is 9.37. The SMILES string of the molecule is CC(C)=CCc1c2c(c(O)c3c1O[C@]1(C)CCC4C3C1C4(C)C)C(=O)C1=CC3CC4C(C)(C)OC(C/C=C(/C)OC=O)(C3=O)[C@@]14O2. The zero-order chi connectivity index (χ0) is 32.9. The lowest BCUT2D eigenvalue weighted by Gasteiger charge is -2.70. The number of phenols is 1. The lowest BCUT2D eigenvalue weighted by Crippen LogP contribution is -2.72. The standard InChI is InChI=1S/C38H44O8/c1-18(2)9-10-21-30-26(25-22-12-13-36(8,44-30)32(25)34(22,4)5)29(41)27-28(40)23-15-20-16-24-35(6,7)46-37(33(20)42,14-11-19(3)43-17-39)38(23,24)45-31(21)27/h9,11,15,17,20,22,24-25,32,41H,10,12-14,16H2,1-8H3/b19-11-/t20?,22?,24?,25?,32?,36-,37?,38-/m1/s1. The van der Waals surface area contributed by atoms with E-state index in [1.807, 2.05) is 27.7 Å². The summed E-state index contributed by atoms with van der Waals surface area (Å²) in [6.07, 6.45) is 8.48. The second-order valence-electron chi connectivity index (χ2n) is 16.4. The first kappa shape index (κ1) is 30.0. The Morgan fingerprint density at radius 1 is 1.07 bits per heavy atom. The van der Waals surface area contributed by atoms with E-state index in [1.165, 1.54) is 0 Å². The van der Waals surface area contributed by atoms with Crippen LogP contribution < -0.4 is 9.47 Å². The predicted octanol–water partition coefficient (Wildman–Crippen LogP) is 6.68. The summed E-state index contributed by atoms with van der Waals surface area (Å²) in [6.45, 7) is 16.8. The van der Waals surface area contributed by atoms with Gasteiger partial charge in [0.15, 0.2) is 22.8 Å². The molecule has 1 spiro atoms. The van der Waals surface area contributed by atoms with Crippen LogP contribution in [0.2, 0.25) is 0 Å². The molecule has 3 heterocycles. The molecule has 6 unspecified atom stereocenters. The summed E-state index contributed by atoms with van der Waals surface area (Å²) in [6, 6.07) is 0. The van der Waals surface area contributed by atoms with Gasteiger partial charge < -0.3 is 24.1 Å². The van der Waals surface area contributed by atoms with Crippen LogP contribution in [0.3, 0.4) is 0 Å². The van der Waals surface area contributed by atoms with Crippen molar-refractivity contribution in [2.75, 3.05) is 0 Å². The molecule has 8 atom stereocenters. The van der Waals surface area contributed by atoms with Crippen molar-refractivity contribution in [1.82, 2.24) is 0 Å². The highest BCUT2D eigenvalue weighted by atomic mass is 16.6. The lowest BCUT2D eigenvalue weighted by molar-refractivity contribution is -0.214. The fraction of sp³-hybridized carbons (Fsp3) is 0.605. The van der Waals surface area contributed by atoms with Crippen LogP contribution in [0.15, 0.2) is 35.1 Å². The summed E-state index contributed by atoms with van der Waals surface area (Å²) in [4.78, 5) is 40.5. The predicted molar refractivity (Wildman–Crippen MR) is 169 cm³/mol. The van der Waals surface area contributed by atoms with E-state index < -0.39 is 28.3 Å². The largest absolute Gasteiger partial charge is 0.507 e. The van der Waals surface area contributed by atoms with Gasteiger partial charge in [0.2, 0.25) is 0 Å². The van der Waals surface area contributed by atoms with Gasteiger partial charge in [0.05, 0.1) is 5.60 Å². The molecule has 8 nitrogen and oxygen atoms in total. The van der Waals surface area contributed by atoms with Crippen LogP contribution in [0.4, 0.5) is 0 Å². The molecule has 1 aromatic rings. The molecule has 46 heavy (non-hydrogen) atoms. The van der Waals surface area contributed by atoms with Gasteiger partial charge in [-0.2, -0.15) is 0 Å². The molecule has 0 aromatic heterocycles. The number of ether oxygens (including phenoxy) is 4. The van der Waals surface area contributed by atoms with E-state index in [4.69, 9.17) is 18.9 Å². The average Bonchev–Trinajstić information content (AvgIpc) is 3.12. The van der Waals surface area contributed by atoms with Gasteiger partial charge in [0, 0.05) is 46.8 Å². The number of phenolic OH excluding ortho intramolecular Hbond substituents is 1. The van der Waals surface area contributed by atoms with E-state index in [9.17, 15) is 19.5 Å². The minimum absolute atomic E-state index is 0.0457. The van der Waals surface area contributed by atoms with Crippen LogP contribution in [0.5, 0.6) is 17.2 Å². The van der Waals surface area contributed by atoms with Crippen LogP contribution >= 0.6 is 0 Å². The molecular weight excluding hydrogens is 584 g/mol. The zero-order valence-electron chi connectivity index (χ0n) is 28.0. The van der Waals surface area contributed by atoms with Crippen molar-refractivity contribution >= 4 is 18.0 Å². The fourth-order valence-corrected chi connectivity index (χ4v) is 11.3. The first-order valence-electron chi connectivity index (χ1n) is 16.8. The Morgan fingerprint density at radius 2 is 1.80 bits per heavy atom. The molecule has 0 radical (unpaired) electrons. The van der Waals surface area contributed by atoms with Gasteiger partial charge in [-0.15, -0.1) is 0 Å². The second kappa shape index (κ2) is 8.94. The monoisotopic (exact) mass is 628 g/mol. The number of Topliss-reactive ketones (excluding diaryl/α,β-unsaturated/α-hetero) is 2. The third-order valence-corrected chi connectivity index (χ3v) is 13.1. The maximum absolute atomic E-state index is 15.0. The molecule has 6 aliphatic carbocycles. The highest BCUT2D eigenvalue weighted by Gasteiger charge is 2.81. The van der Waals surface area contributed by atoms with Crippen LogP contribution in [0, 0.1) is 29.1 Å². The summed E-state index contributed by atoms with van der Waals surface area (Å²) in [5.41, 5.74) is -0.973. The highest BCUT2D eigenvalue weighted by molar-refractivity contribution is 6.18. The molecule has 4 saturated carbocycles. The first-order chi connectivity index (χ1) is 21.6. The van der Waals surface area contributed by atoms with Crippen molar-refractivity contribution in [3.8, 4) is 17.2 Å². The van der Waals surface area contributed by atoms with Crippen molar-refractivity contribution < 1.29 is 38.4 Å². The summed E-state index contributed by atoms with van der Waals surface area (Å²) < 4.78 is 26.2. The Balaban J connectivity index is 1.39. The number of fused-ring (bicyclic) bond motifs is 3. The minimum atomic E-state index is -1.52. The maximum Gasteiger partial charge on any atom is 0.298 e. The number of rotatable bonds is 6. The first-order valence-corrected chi connectivity index (χ1v) is 16.8. The Kier molecular flexibility index (Phi) is 5.83. The molecule has 9 aliphatic rings. The van der Waals surface area contributed by atoms with Crippen molar-refractivity contribution in [2.24, 2.45) is 29.1 Å². The molecule has 244 valence electrons. The van der Waals surface area contributed by atoms with Gasteiger partial charge in [-0.3, -0.25) is 14.4 Å². The van der Waals surface area contributed by atoms with Gasteiger partial charge in [0.1, 0.15) is 34.2 Å². The minimum Gasteiger partial charge on any atom is -0.507 e.